The molecule has 2 fully saturated rings. The van der Waals surface area contributed by atoms with E-state index < -0.39 is 0 Å². The lowest BCUT2D eigenvalue weighted by Gasteiger charge is -2.32. The molecule has 130 valence electrons. The highest BCUT2D eigenvalue weighted by Crippen LogP contribution is 2.41. The minimum atomic E-state index is 0.116. The molecule has 1 aliphatic heterocycles. The van der Waals surface area contributed by atoms with Crippen molar-refractivity contribution in [2.75, 3.05) is 18.1 Å². The van der Waals surface area contributed by atoms with E-state index in [-0.39, 0.29) is 6.61 Å². The van der Waals surface area contributed by atoms with Gasteiger partial charge >= 0.3 is 0 Å². The van der Waals surface area contributed by atoms with E-state index in [2.05, 4.69) is 44.1 Å². The van der Waals surface area contributed by atoms with Crippen LogP contribution in [-0.2, 0) is 13.0 Å². The maximum atomic E-state index is 9.38. The summed E-state index contributed by atoms with van der Waals surface area (Å²) in [4.78, 5) is 3.82. The zero-order valence-corrected chi connectivity index (χ0v) is 15.1. The lowest BCUT2D eigenvalue weighted by Crippen LogP contribution is -2.36. The normalized spacial score (nSPS) is 26.8. The highest BCUT2D eigenvalue weighted by atomic mass is 32.1. The van der Waals surface area contributed by atoms with Crippen molar-refractivity contribution in [3.05, 3.63) is 28.2 Å². The van der Waals surface area contributed by atoms with Gasteiger partial charge in [-0.15, -0.1) is 21.5 Å². The first-order valence-electron chi connectivity index (χ1n) is 9.10. The molecule has 1 aliphatic carbocycles. The molecule has 5 nitrogen and oxygen atoms in total. The van der Waals surface area contributed by atoms with Gasteiger partial charge < -0.3 is 10.0 Å². The van der Waals surface area contributed by atoms with Gasteiger partial charge in [0, 0.05) is 23.9 Å². The maximum absolute atomic E-state index is 9.38. The quantitative estimate of drug-likeness (QED) is 0.904. The van der Waals surface area contributed by atoms with E-state index in [9.17, 15) is 5.11 Å². The summed E-state index contributed by atoms with van der Waals surface area (Å²) >= 11 is 1.77. The third kappa shape index (κ3) is 2.86. The monoisotopic (exact) mass is 346 g/mol. The second kappa shape index (κ2) is 6.84. The standard InChI is InChI=1S/C18H26N4OS/c1-13-11-21(16-7-3-2-6-15(13)16)18-20-19-17(8-9-23)22(18)12-14-5-4-10-24-14/h4-5,10,13,15-16,23H,2-3,6-9,11-12H2,1H3. The lowest BCUT2D eigenvalue weighted by atomic mass is 9.80. The van der Waals surface area contributed by atoms with Gasteiger partial charge in [-0.25, -0.2) is 0 Å². The predicted molar refractivity (Wildman–Crippen MR) is 96.5 cm³/mol. The molecule has 0 radical (unpaired) electrons. The fraction of sp³-hybridized carbons (Fsp3) is 0.667. The van der Waals surface area contributed by atoms with Crippen LogP contribution in [0, 0.1) is 11.8 Å². The first-order valence-corrected chi connectivity index (χ1v) is 9.98. The van der Waals surface area contributed by atoms with Crippen LogP contribution in [-0.4, -0.2) is 39.1 Å². The van der Waals surface area contributed by atoms with Gasteiger partial charge in [0.1, 0.15) is 5.82 Å². The van der Waals surface area contributed by atoms with Crippen molar-refractivity contribution in [3.8, 4) is 0 Å². The summed E-state index contributed by atoms with van der Waals surface area (Å²) in [6.45, 7) is 4.39. The van der Waals surface area contributed by atoms with E-state index in [1.54, 1.807) is 11.3 Å². The van der Waals surface area contributed by atoms with Crippen LogP contribution in [0.5, 0.6) is 0 Å². The van der Waals surface area contributed by atoms with Crippen LogP contribution in [0.1, 0.15) is 43.3 Å². The molecule has 0 spiro atoms. The fourth-order valence-corrected chi connectivity index (χ4v) is 5.24. The van der Waals surface area contributed by atoms with Gasteiger partial charge in [-0.2, -0.15) is 0 Å². The molecule has 24 heavy (non-hydrogen) atoms. The number of hydrogen-bond donors (Lipinski definition) is 1. The fourth-order valence-electron chi connectivity index (χ4n) is 4.55. The van der Waals surface area contributed by atoms with Crippen LogP contribution in [0.2, 0.25) is 0 Å². The average Bonchev–Trinajstić information content (AvgIpc) is 3.30. The van der Waals surface area contributed by atoms with Gasteiger partial charge in [0.05, 0.1) is 13.2 Å². The van der Waals surface area contributed by atoms with Crippen molar-refractivity contribution in [1.29, 1.82) is 0 Å². The van der Waals surface area contributed by atoms with E-state index in [1.165, 1.54) is 30.6 Å². The molecular weight excluding hydrogens is 320 g/mol. The Labute approximate surface area is 147 Å². The number of aliphatic hydroxyl groups excluding tert-OH is 1. The minimum absolute atomic E-state index is 0.116. The molecule has 1 N–H and O–H groups in total. The molecule has 0 amide bonds. The molecule has 3 atom stereocenters. The van der Waals surface area contributed by atoms with E-state index in [0.29, 0.717) is 12.5 Å². The van der Waals surface area contributed by atoms with Crippen LogP contribution >= 0.6 is 11.3 Å². The first kappa shape index (κ1) is 16.1. The van der Waals surface area contributed by atoms with Crippen LogP contribution in [0.25, 0.3) is 0 Å². The van der Waals surface area contributed by atoms with E-state index in [1.807, 2.05) is 0 Å². The van der Waals surface area contributed by atoms with Crippen molar-refractivity contribution in [2.45, 2.75) is 51.6 Å². The molecule has 2 aliphatic rings. The van der Waals surface area contributed by atoms with Crippen molar-refractivity contribution in [1.82, 2.24) is 14.8 Å². The van der Waals surface area contributed by atoms with Gasteiger partial charge in [0.25, 0.3) is 0 Å². The number of anilines is 1. The van der Waals surface area contributed by atoms with Crippen LogP contribution in [0.3, 0.4) is 0 Å². The third-order valence-corrected chi connectivity index (χ3v) is 6.55. The molecule has 4 rings (SSSR count). The Kier molecular flexibility index (Phi) is 4.59. The summed E-state index contributed by atoms with van der Waals surface area (Å²) in [5, 5.41) is 20.5. The highest BCUT2D eigenvalue weighted by molar-refractivity contribution is 7.09. The summed E-state index contributed by atoms with van der Waals surface area (Å²) < 4.78 is 2.23. The molecule has 1 saturated heterocycles. The predicted octanol–water partition coefficient (Wildman–Crippen LogP) is 2.94. The lowest BCUT2D eigenvalue weighted by molar-refractivity contribution is 0.291. The second-order valence-corrected chi connectivity index (χ2v) is 8.23. The Bertz CT molecular complexity index is 669. The van der Waals surface area contributed by atoms with E-state index >= 15 is 0 Å². The topological polar surface area (TPSA) is 54.2 Å². The van der Waals surface area contributed by atoms with Crippen LogP contribution in [0.4, 0.5) is 5.95 Å². The van der Waals surface area contributed by atoms with Crippen molar-refractivity contribution in [3.63, 3.8) is 0 Å². The molecule has 2 aromatic rings. The van der Waals surface area contributed by atoms with Crippen molar-refractivity contribution < 1.29 is 5.11 Å². The zero-order valence-electron chi connectivity index (χ0n) is 14.3. The Morgan fingerprint density at radius 2 is 2.17 bits per heavy atom. The van der Waals surface area contributed by atoms with Gasteiger partial charge in [-0.3, -0.25) is 4.57 Å². The molecule has 3 unspecified atom stereocenters. The molecule has 6 heteroatoms. The van der Waals surface area contributed by atoms with Crippen LogP contribution < -0.4 is 4.90 Å². The van der Waals surface area contributed by atoms with Gasteiger partial charge in [0.2, 0.25) is 5.95 Å². The number of aliphatic hydroxyl groups is 1. The number of thiophene rings is 1. The van der Waals surface area contributed by atoms with Crippen LogP contribution in [0.15, 0.2) is 17.5 Å². The number of fused-ring (bicyclic) bond motifs is 1. The van der Waals surface area contributed by atoms with E-state index in [0.717, 1.165) is 36.7 Å². The average molecular weight is 347 g/mol. The second-order valence-electron chi connectivity index (χ2n) is 7.20. The number of aromatic nitrogens is 3. The molecule has 1 saturated carbocycles. The van der Waals surface area contributed by atoms with E-state index in [4.69, 9.17) is 0 Å². The molecule has 3 heterocycles. The Hall–Kier alpha value is -1.40. The zero-order chi connectivity index (χ0) is 16.5. The number of rotatable bonds is 5. The largest absolute Gasteiger partial charge is 0.396 e. The summed E-state index contributed by atoms with van der Waals surface area (Å²) in [7, 11) is 0. The van der Waals surface area contributed by atoms with Gasteiger partial charge in [-0.1, -0.05) is 25.8 Å². The Morgan fingerprint density at radius 1 is 1.29 bits per heavy atom. The molecule has 2 aromatic heterocycles. The summed E-state index contributed by atoms with van der Waals surface area (Å²) in [6, 6.07) is 4.86. The van der Waals surface area contributed by atoms with Gasteiger partial charge in [0.15, 0.2) is 0 Å². The third-order valence-electron chi connectivity index (χ3n) is 5.69. The SMILES string of the molecule is CC1CN(c2nnc(CCO)n2Cc2cccs2)C2CCCCC12. The number of hydrogen-bond acceptors (Lipinski definition) is 5. The summed E-state index contributed by atoms with van der Waals surface area (Å²) in [6.07, 6.45) is 5.89. The Morgan fingerprint density at radius 3 is 2.96 bits per heavy atom. The Balaban J connectivity index is 1.67. The first-order chi connectivity index (χ1) is 11.8. The molecule has 0 bridgehead atoms. The number of nitrogens with zero attached hydrogens (tertiary/aromatic N) is 4. The maximum Gasteiger partial charge on any atom is 0.227 e. The summed E-state index contributed by atoms with van der Waals surface area (Å²) in [5.74, 6) is 3.43. The summed E-state index contributed by atoms with van der Waals surface area (Å²) in [5.41, 5.74) is 0. The smallest absolute Gasteiger partial charge is 0.227 e. The van der Waals surface area contributed by atoms with Crippen molar-refractivity contribution >= 4 is 17.3 Å². The highest BCUT2D eigenvalue weighted by Gasteiger charge is 2.42. The van der Waals surface area contributed by atoms with Gasteiger partial charge in [-0.05, 0) is 36.1 Å². The van der Waals surface area contributed by atoms with Crippen molar-refractivity contribution in [2.24, 2.45) is 11.8 Å². The molecule has 0 aromatic carbocycles. The minimum Gasteiger partial charge on any atom is -0.396 e. The molecular formula is C18H26N4OS.